The van der Waals surface area contributed by atoms with Crippen molar-refractivity contribution in [2.24, 2.45) is 0 Å². The first-order valence-corrected chi connectivity index (χ1v) is 14.3. The zero-order chi connectivity index (χ0) is 29.9. The molecule has 3 aliphatic rings. The van der Waals surface area contributed by atoms with Gasteiger partial charge in [0.1, 0.15) is 18.5 Å². The second kappa shape index (κ2) is 12.2. The lowest BCUT2D eigenvalue weighted by molar-refractivity contribution is -0.136. The zero-order valence-corrected chi connectivity index (χ0v) is 23.6. The van der Waals surface area contributed by atoms with Crippen molar-refractivity contribution < 1.29 is 28.3 Å². The van der Waals surface area contributed by atoms with Crippen LogP contribution in [0.4, 0.5) is 20.6 Å². The van der Waals surface area contributed by atoms with E-state index in [1.54, 1.807) is 0 Å². The highest BCUT2D eigenvalue weighted by Crippen LogP contribution is 2.35. The topological polar surface area (TPSA) is 111 Å². The summed E-state index contributed by atoms with van der Waals surface area (Å²) in [6, 6.07) is 19.1. The van der Waals surface area contributed by atoms with E-state index in [2.05, 4.69) is 20.4 Å². The number of piperazine rings is 1. The van der Waals surface area contributed by atoms with Crippen LogP contribution in [-0.4, -0.2) is 65.8 Å². The lowest BCUT2D eigenvalue weighted by atomic mass is 10.0. The van der Waals surface area contributed by atoms with Gasteiger partial charge in [-0.3, -0.25) is 29.9 Å². The van der Waals surface area contributed by atoms with E-state index in [1.807, 2.05) is 54.6 Å². The minimum Gasteiger partial charge on any atom is -0.444 e. The third kappa shape index (κ3) is 6.36. The molecule has 2 fully saturated rings. The predicted octanol–water partition coefficient (Wildman–Crippen LogP) is 3.66. The number of amides is 4. The monoisotopic (exact) mass is 585 g/mol. The van der Waals surface area contributed by atoms with E-state index >= 15 is 0 Å². The van der Waals surface area contributed by atoms with Crippen molar-refractivity contribution in [1.82, 2.24) is 15.1 Å². The van der Waals surface area contributed by atoms with E-state index in [0.29, 0.717) is 24.5 Å². The summed E-state index contributed by atoms with van der Waals surface area (Å²) in [5.74, 6) is -1.71. The number of rotatable bonds is 7. The Bertz CT molecular complexity index is 1540. The number of hydrogen-bond donors (Lipinski definition) is 2. The minimum absolute atomic E-state index is 0.167. The summed E-state index contributed by atoms with van der Waals surface area (Å²) in [6.45, 7) is 3.89. The predicted molar refractivity (Wildman–Crippen MR) is 157 cm³/mol. The van der Waals surface area contributed by atoms with Crippen molar-refractivity contribution in [3.8, 4) is 0 Å². The molecule has 222 valence electrons. The van der Waals surface area contributed by atoms with Crippen LogP contribution in [0.25, 0.3) is 0 Å². The summed E-state index contributed by atoms with van der Waals surface area (Å²) in [4.78, 5) is 55.2. The largest absolute Gasteiger partial charge is 0.444 e. The molecule has 0 aromatic heterocycles. The second-order valence-electron chi connectivity index (χ2n) is 11.0. The number of piperidine rings is 1. The van der Waals surface area contributed by atoms with E-state index in [-0.39, 0.29) is 43.4 Å². The number of halogens is 1. The highest BCUT2D eigenvalue weighted by atomic mass is 19.1. The van der Waals surface area contributed by atoms with Crippen LogP contribution in [0.2, 0.25) is 0 Å². The Balaban J connectivity index is 1.03. The molecule has 2 N–H and O–H groups in total. The summed E-state index contributed by atoms with van der Waals surface area (Å²) < 4.78 is 20.0. The standard InChI is InChI=1S/C32H32FN5O5/c33-23-16-25-26(19-38(31(25)41)27-10-11-29(39)35-30(27)40)28(17-23)37-14-12-36(13-15-37)18-21-6-8-24(9-7-21)34-32(42)43-20-22-4-2-1-3-5-22/h1-9,16-17,27H,10-15,18-20H2,(H,34,42)(H,35,39,40). The number of fused-ring (bicyclic) bond motifs is 1. The summed E-state index contributed by atoms with van der Waals surface area (Å²) in [5, 5.41) is 5.05. The summed E-state index contributed by atoms with van der Waals surface area (Å²) in [5.41, 5.74) is 4.32. The van der Waals surface area contributed by atoms with Gasteiger partial charge < -0.3 is 14.5 Å². The van der Waals surface area contributed by atoms with E-state index in [1.165, 1.54) is 17.0 Å². The van der Waals surface area contributed by atoms with Gasteiger partial charge in [0.25, 0.3) is 5.91 Å². The van der Waals surface area contributed by atoms with Crippen LogP contribution in [-0.2, 0) is 34.0 Å². The van der Waals surface area contributed by atoms with Gasteiger partial charge in [0, 0.05) is 68.2 Å². The fourth-order valence-electron chi connectivity index (χ4n) is 5.87. The normalized spacial score (nSPS) is 18.8. The van der Waals surface area contributed by atoms with Gasteiger partial charge >= 0.3 is 6.09 Å². The molecule has 0 bridgehead atoms. The molecule has 2 saturated heterocycles. The SMILES string of the molecule is O=C1CCC(N2Cc3c(cc(F)cc3N3CCN(Cc4ccc(NC(=O)OCc5ccccc5)cc4)CC3)C2=O)C(=O)N1. The van der Waals surface area contributed by atoms with Gasteiger partial charge in [-0.25, -0.2) is 9.18 Å². The van der Waals surface area contributed by atoms with E-state index in [0.717, 1.165) is 36.3 Å². The minimum atomic E-state index is -0.744. The van der Waals surface area contributed by atoms with Crippen LogP contribution in [0.1, 0.15) is 39.9 Å². The van der Waals surface area contributed by atoms with Gasteiger partial charge in [0.05, 0.1) is 0 Å². The Labute approximate surface area is 248 Å². The smallest absolute Gasteiger partial charge is 0.411 e. The third-order valence-electron chi connectivity index (χ3n) is 8.13. The van der Waals surface area contributed by atoms with Crippen molar-refractivity contribution in [3.05, 3.63) is 94.8 Å². The molecule has 3 heterocycles. The molecule has 43 heavy (non-hydrogen) atoms. The first-order valence-electron chi connectivity index (χ1n) is 14.3. The van der Waals surface area contributed by atoms with Crippen molar-refractivity contribution in [3.63, 3.8) is 0 Å². The number of nitrogens with one attached hydrogen (secondary N) is 2. The number of carbonyl (C=O) groups is 4. The van der Waals surface area contributed by atoms with E-state index in [4.69, 9.17) is 4.74 Å². The molecular weight excluding hydrogens is 553 g/mol. The van der Waals surface area contributed by atoms with Crippen LogP contribution < -0.4 is 15.5 Å². The Morgan fingerprint density at radius 3 is 2.42 bits per heavy atom. The van der Waals surface area contributed by atoms with Crippen molar-refractivity contribution in [2.45, 2.75) is 38.6 Å². The Morgan fingerprint density at radius 2 is 1.70 bits per heavy atom. The first-order chi connectivity index (χ1) is 20.8. The zero-order valence-electron chi connectivity index (χ0n) is 23.6. The third-order valence-corrected chi connectivity index (χ3v) is 8.13. The number of ether oxygens (including phenoxy) is 1. The quantitative estimate of drug-likeness (QED) is 0.407. The molecule has 3 aromatic carbocycles. The highest BCUT2D eigenvalue weighted by molar-refractivity contribution is 6.06. The Kier molecular flexibility index (Phi) is 8.06. The number of carbonyl (C=O) groups excluding carboxylic acids is 4. The van der Waals surface area contributed by atoms with Crippen molar-refractivity contribution in [1.29, 1.82) is 0 Å². The molecule has 11 heteroatoms. The highest BCUT2D eigenvalue weighted by Gasteiger charge is 2.41. The number of hydrogen-bond acceptors (Lipinski definition) is 7. The lowest BCUT2D eigenvalue weighted by Gasteiger charge is -2.37. The van der Waals surface area contributed by atoms with Crippen LogP contribution in [0.5, 0.6) is 0 Å². The maximum Gasteiger partial charge on any atom is 0.411 e. The Morgan fingerprint density at radius 1 is 0.953 bits per heavy atom. The van der Waals surface area contributed by atoms with Gasteiger partial charge in [-0.1, -0.05) is 42.5 Å². The molecule has 10 nitrogen and oxygen atoms in total. The van der Waals surface area contributed by atoms with Crippen LogP contribution in [0.3, 0.4) is 0 Å². The molecule has 0 radical (unpaired) electrons. The number of anilines is 2. The number of benzene rings is 3. The molecule has 0 aliphatic carbocycles. The fraction of sp³-hybridized carbons (Fsp3) is 0.312. The van der Waals surface area contributed by atoms with Crippen LogP contribution in [0.15, 0.2) is 66.7 Å². The summed E-state index contributed by atoms with van der Waals surface area (Å²) >= 11 is 0. The average Bonchev–Trinajstić information content (AvgIpc) is 3.33. The van der Waals surface area contributed by atoms with E-state index < -0.39 is 23.9 Å². The molecule has 0 saturated carbocycles. The molecule has 3 aliphatic heterocycles. The second-order valence-corrected chi connectivity index (χ2v) is 11.0. The van der Waals surface area contributed by atoms with Crippen molar-refractivity contribution in [2.75, 3.05) is 36.4 Å². The van der Waals surface area contributed by atoms with E-state index in [9.17, 15) is 23.6 Å². The van der Waals surface area contributed by atoms with Gasteiger partial charge in [0.2, 0.25) is 11.8 Å². The molecular formula is C32H32FN5O5. The molecule has 1 unspecified atom stereocenters. The van der Waals surface area contributed by atoms with Crippen molar-refractivity contribution >= 4 is 35.2 Å². The maximum atomic E-state index is 14.7. The maximum absolute atomic E-state index is 14.7. The molecule has 4 amide bonds. The fourth-order valence-corrected chi connectivity index (χ4v) is 5.87. The Hall–Kier alpha value is -4.77. The van der Waals surface area contributed by atoms with Crippen LogP contribution in [0, 0.1) is 5.82 Å². The molecule has 0 spiro atoms. The number of nitrogens with zero attached hydrogens (tertiary/aromatic N) is 3. The molecule has 1 atom stereocenters. The number of imide groups is 1. The van der Waals surface area contributed by atoms with Gasteiger partial charge in [0.15, 0.2) is 0 Å². The lowest BCUT2D eigenvalue weighted by Crippen LogP contribution is -2.52. The van der Waals surface area contributed by atoms with Gasteiger partial charge in [-0.05, 0) is 41.8 Å². The molecule has 6 rings (SSSR count). The average molecular weight is 586 g/mol. The van der Waals surface area contributed by atoms with Crippen LogP contribution >= 0.6 is 0 Å². The summed E-state index contributed by atoms with van der Waals surface area (Å²) in [6.07, 6.45) is -0.0882. The van der Waals surface area contributed by atoms with Gasteiger partial charge in [-0.15, -0.1) is 0 Å². The first kappa shape index (κ1) is 28.4. The summed E-state index contributed by atoms with van der Waals surface area (Å²) in [7, 11) is 0. The molecule has 3 aromatic rings. The van der Waals surface area contributed by atoms with Gasteiger partial charge in [-0.2, -0.15) is 0 Å².